The van der Waals surface area contributed by atoms with E-state index in [0.717, 1.165) is 24.8 Å². The first-order valence-corrected chi connectivity index (χ1v) is 15.8. The molecule has 42 heavy (non-hydrogen) atoms. The summed E-state index contributed by atoms with van der Waals surface area (Å²) in [6.07, 6.45) is 4.17. The number of amides is 3. The molecule has 9 nitrogen and oxygen atoms in total. The lowest BCUT2D eigenvalue weighted by Gasteiger charge is -2.42. The van der Waals surface area contributed by atoms with E-state index in [1.807, 2.05) is 37.3 Å². The molecule has 1 aromatic rings. The highest BCUT2D eigenvalue weighted by atomic mass is 16.6. The second kappa shape index (κ2) is 16.8. The molecule has 238 valence electrons. The van der Waals surface area contributed by atoms with Gasteiger partial charge in [0.1, 0.15) is 5.60 Å². The number of hydrogen-bond donors (Lipinski definition) is 5. The Morgan fingerprint density at radius 2 is 1.79 bits per heavy atom. The van der Waals surface area contributed by atoms with Crippen molar-refractivity contribution >= 4 is 17.9 Å². The van der Waals surface area contributed by atoms with Gasteiger partial charge in [0.15, 0.2) is 0 Å². The van der Waals surface area contributed by atoms with Gasteiger partial charge in [-0.05, 0) is 77.7 Å². The van der Waals surface area contributed by atoms with Gasteiger partial charge in [0.25, 0.3) is 0 Å². The summed E-state index contributed by atoms with van der Waals surface area (Å²) in [5, 5.41) is 31.8. The Labute approximate surface area is 252 Å². The summed E-state index contributed by atoms with van der Waals surface area (Å²) in [6.45, 7) is 11.8. The molecular formula is C33H55N3O6. The van der Waals surface area contributed by atoms with E-state index in [1.165, 1.54) is 0 Å². The molecule has 0 spiro atoms. The van der Waals surface area contributed by atoms with Gasteiger partial charge in [0.05, 0.1) is 23.8 Å². The van der Waals surface area contributed by atoms with Gasteiger partial charge >= 0.3 is 6.09 Å². The van der Waals surface area contributed by atoms with E-state index in [1.54, 1.807) is 27.7 Å². The summed E-state index contributed by atoms with van der Waals surface area (Å²) in [5.41, 5.74) is -0.960. The lowest BCUT2D eigenvalue weighted by Crippen LogP contribution is -2.57. The van der Waals surface area contributed by atoms with Crippen molar-refractivity contribution in [3.05, 3.63) is 35.9 Å². The van der Waals surface area contributed by atoms with Gasteiger partial charge in [-0.15, -0.1) is 0 Å². The van der Waals surface area contributed by atoms with Gasteiger partial charge in [0, 0.05) is 18.4 Å². The number of rotatable bonds is 15. The molecule has 2 rings (SSSR count). The van der Waals surface area contributed by atoms with Gasteiger partial charge in [0.2, 0.25) is 11.8 Å². The third kappa shape index (κ3) is 11.9. The highest BCUT2D eigenvalue weighted by Gasteiger charge is 2.44. The van der Waals surface area contributed by atoms with Gasteiger partial charge in [-0.2, -0.15) is 0 Å². The predicted molar refractivity (Wildman–Crippen MR) is 165 cm³/mol. The Balaban J connectivity index is 2.14. The van der Waals surface area contributed by atoms with E-state index in [4.69, 9.17) is 4.74 Å². The number of benzene rings is 1. The van der Waals surface area contributed by atoms with Crippen molar-refractivity contribution in [1.29, 1.82) is 0 Å². The Bertz CT molecular complexity index is 982. The number of ether oxygens (including phenoxy) is 1. The van der Waals surface area contributed by atoms with Crippen LogP contribution in [0, 0.1) is 11.8 Å². The first-order chi connectivity index (χ1) is 19.8. The van der Waals surface area contributed by atoms with E-state index in [9.17, 15) is 24.6 Å². The first-order valence-electron chi connectivity index (χ1n) is 15.8. The second-order valence-electron chi connectivity index (χ2n) is 13.0. The van der Waals surface area contributed by atoms with Crippen LogP contribution in [0.3, 0.4) is 0 Å². The van der Waals surface area contributed by atoms with E-state index >= 15 is 0 Å². The number of hydrogen-bond acceptors (Lipinski definition) is 6. The lowest BCUT2D eigenvalue weighted by molar-refractivity contribution is -0.133. The van der Waals surface area contributed by atoms with Crippen molar-refractivity contribution in [3.8, 4) is 0 Å². The van der Waals surface area contributed by atoms with Crippen LogP contribution in [0.1, 0.15) is 105 Å². The predicted octanol–water partition coefficient (Wildman–Crippen LogP) is 4.63. The molecule has 6 atom stereocenters. The van der Waals surface area contributed by atoms with Crippen LogP contribution in [0.5, 0.6) is 0 Å². The SMILES string of the molecule is CCCCNC(=O)[C@H](C)C[C@H](O)[C@H](Cc1ccccc1)NC(=O)[C@@H]1CCC[C@](O)([C@H](CCC)NC(=O)OC(C)(C)C)C1. The van der Waals surface area contributed by atoms with Crippen LogP contribution in [0.2, 0.25) is 0 Å². The van der Waals surface area contributed by atoms with Crippen LogP contribution >= 0.6 is 0 Å². The maximum atomic E-state index is 13.7. The van der Waals surface area contributed by atoms with Gasteiger partial charge in [-0.1, -0.05) is 63.9 Å². The Morgan fingerprint density at radius 1 is 1.10 bits per heavy atom. The van der Waals surface area contributed by atoms with Crippen LogP contribution in [-0.4, -0.2) is 64.1 Å². The molecule has 0 saturated heterocycles. The van der Waals surface area contributed by atoms with Crippen LogP contribution < -0.4 is 16.0 Å². The number of carbonyl (C=O) groups excluding carboxylic acids is 3. The average Bonchev–Trinajstić information content (AvgIpc) is 2.92. The van der Waals surface area contributed by atoms with Crippen LogP contribution in [-0.2, 0) is 20.7 Å². The van der Waals surface area contributed by atoms with E-state index in [-0.39, 0.29) is 24.7 Å². The largest absolute Gasteiger partial charge is 0.444 e. The van der Waals surface area contributed by atoms with Gasteiger partial charge in [-0.25, -0.2) is 4.79 Å². The van der Waals surface area contributed by atoms with Crippen molar-refractivity contribution in [2.75, 3.05) is 6.54 Å². The summed E-state index contributed by atoms with van der Waals surface area (Å²) in [5.74, 6) is -1.24. The molecule has 1 aromatic carbocycles. The van der Waals surface area contributed by atoms with Crippen LogP contribution in [0.25, 0.3) is 0 Å². The summed E-state index contributed by atoms with van der Waals surface area (Å²) in [4.78, 5) is 38.8. The smallest absolute Gasteiger partial charge is 0.407 e. The molecule has 1 aliphatic rings. The zero-order chi connectivity index (χ0) is 31.3. The third-order valence-corrected chi connectivity index (χ3v) is 8.01. The maximum Gasteiger partial charge on any atom is 0.407 e. The van der Waals surface area contributed by atoms with Crippen molar-refractivity contribution in [3.63, 3.8) is 0 Å². The average molecular weight is 590 g/mol. The van der Waals surface area contributed by atoms with Crippen molar-refractivity contribution < 1.29 is 29.3 Å². The summed E-state index contributed by atoms with van der Waals surface area (Å²) < 4.78 is 5.44. The van der Waals surface area contributed by atoms with E-state index in [0.29, 0.717) is 38.6 Å². The molecule has 9 heteroatoms. The molecule has 0 aliphatic heterocycles. The Kier molecular flexibility index (Phi) is 14.3. The number of carbonyl (C=O) groups is 3. The summed E-state index contributed by atoms with van der Waals surface area (Å²) in [6, 6.07) is 8.48. The molecule has 0 unspecified atom stereocenters. The number of nitrogens with one attached hydrogen (secondary N) is 3. The minimum absolute atomic E-state index is 0.107. The zero-order valence-corrected chi connectivity index (χ0v) is 26.6. The van der Waals surface area contributed by atoms with Gasteiger partial charge in [-0.3, -0.25) is 9.59 Å². The Hall–Kier alpha value is -2.65. The first kappa shape index (κ1) is 35.5. The highest BCUT2D eigenvalue weighted by Crippen LogP contribution is 2.37. The Morgan fingerprint density at radius 3 is 2.40 bits per heavy atom. The van der Waals surface area contributed by atoms with E-state index < -0.39 is 47.3 Å². The van der Waals surface area contributed by atoms with Crippen molar-refractivity contribution in [1.82, 2.24) is 16.0 Å². The number of aliphatic hydroxyl groups is 2. The normalized spacial score (nSPS) is 21.9. The lowest BCUT2D eigenvalue weighted by atomic mass is 9.72. The molecule has 1 saturated carbocycles. The fraction of sp³-hybridized carbons (Fsp3) is 0.727. The molecule has 1 aliphatic carbocycles. The summed E-state index contributed by atoms with van der Waals surface area (Å²) in [7, 11) is 0. The van der Waals surface area contributed by atoms with Gasteiger partial charge < -0.3 is 30.9 Å². The van der Waals surface area contributed by atoms with Crippen LogP contribution in [0.4, 0.5) is 4.79 Å². The highest BCUT2D eigenvalue weighted by molar-refractivity contribution is 5.80. The molecule has 5 N–H and O–H groups in total. The fourth-order valence-electron chi connectivity index (χ4n) is 5.69. The molecule has 0 bridgehead atoms. The molecule has 1 fully saturated rings. The topological polar surface area (TPSA) is 137 Å². The molecular weight excluding hydrogens is 534 g/mol. The molecule has 0 heterocycles. The monoisotopic (exact) mass is 589 g/mol. The minimum atomic E-state index is -1.26. The van der Waals surface area contributed by atoms with E-state index in [2.05, 4.69) is 22.9 Å². The second-order valence-corrected chi connectivity index (χ2v) is 13.0. The quantitative estimate of drug-likeness (QED) is 0.189. The number of unbranched alkanes of at least 4 members (excludes halogenated alkanes) is 1. The number of alkyl carbamates (subject to hydrolysis) is 1. The zero-order valence-electron chi connectivity index (χ0n) is 26.6. The molecule has 0 aromatic heterocycles. The number of aliphatic hydroxyl groups excluding tert-OH is 1. The van der Waals surface area contributed by atoms with Crippen LogP contribution in [0.15, 0.2) is 30.3 Å². The van der Waals surface area contributed by atoms with Crippen molar-refractivity contribution in [2.24, 2.45) is 11.8 Å². The van der Waals surface area contributed by atoms with Crippen molar-refractivity contribution in [2.45, 2.75) is 135 Å². The minimum Gasteiger partial charge on any atom is -0.444 e. The fourth-order valence-corrected chi connectivity index (χ4v) is 5.69. The third-order valence-electron chi connectivity index (χ3n) is 8.01. The maximum absolute atomic E-state index is 13.7. The molecule has 0 radical (unpaired) electrons. The molecule has 3 amide bonds. The standard InChI is InChI=1S/C33H55N3O6/c1-7-9-19-34-29(38)23(3)20-27(37)26(21-24-15-11-10-12-16-24)35-30(39)25-17-13-18-33(41,22-25)28(14-8-2)36-31(40)42-32(4,5)6/h10-12,15-16,23,25-28,37,41H,7-9,13-14,17-22H2,1-6H3,(H,34,38)(H,35,39)(H,36,40)/t23-,25-,26+,27+,28+,33-/m1/s1. The summed E-state index contributed by atoms with van der Waals surface area (Å²) >= 11 is 0.